The van der Waals surface area contributed by atoms with Gasteiger partial charge in [-0.05, 0) is 37.8 Å². The van der Waals surface area contributed by atoms with Crippen molar-refractivity contribution in [2.75, 3.05) is 13.1 Å². The SMILES string of the molecule is CCCNCC(O)CCCc1ccccc1. The van der Waals surface area contributed by atoms with E-state index in [0.717, 1.165) is 38.8 Å². The second-order valence-corrected chi connectivity index (χ2v) is 4.24. The number of aliphatic hydroxyl groups excluding tert-OH is 1. The molecule has 1 aromatic rings. The molecule has 90 valence electrons. The van der Waals surface area contributed by atoms with Crippen molar-refractivity contribution in [1.29, 1.82) is 0 Å². The maximum absolute atomic E-state index is 9.69. The molecule has 0 fully saturated rings. The Balaban J connectivity index is 2.06. The minimum Gasteiger partial charge on any atom is -0.392 e. The van der Waals surface area contributed by atoms with Gasteiger partial charge in [0.25, 0.3) is 0 Å². The molecule has 0 aliphatic rings. The molecular formula is C14H23NO. The maximum atomic E-state index is 9.69. The van der Waals surface area contributed by atoms with Crippen LogP contribution in [0.3, 0.4) is 0 Å². The van der Waals surface area contributed by atoms with Crippen molar-refractivity contribution >= 4 is 0 Å². The van der Waals surface area contributed by atoms with Crippen LogP contribution in [0.1, 0.15) is 31.7 Å². The second kappa shape index (κ2) is 8.31. The summed E-state index contributed by atoms with van der Waals surface area (Å²) in [6, 6.07) is 10.4. The van der Waals surface area contributed by atoms with E-state index in [2.05, 4.69) is 36.5 Å². The summed E-state index contributed by atoms with van der Waals surface area (Å²) in [4.78, 5) is 0. The van der Waals surface area contributed by atoms with Crippen LogP contribution in [-0.4, -0.2) is 24.3 Å². The van der Waals surface area contributed by atoms with E-state index in [4.69, 9.17) is 0 Å². The first-order valence-corrected chi connectivity index (χ1v) is 6.25. The van der Waals surface area contributed by atoms with Crippen molar-refractivity contribution in [2.45, 2.75) is 38.7 Å². The Morgan fingerprint density at radius 2 is 2.00 bits per heavy atom. The normalized spacial score (nSPS) is 12.6. The van der Waals surface area contributed by atoms with Gasteiger partial charge in [-0.1, -0.05) is 37.3 Å². The molecule has 1 atom stereocenters. The minimum atomic E-state index is -0.199. The Kier molecular flexibility index (Phi) is 6.86. The lowest BCUT2D eigenvalue weighted by molar-refractivity contribution is 0.159. The van der Waals surface area contributed by atoms with Gasteiger partial charge in [-0.25, -0.2) is 0 Å². The summed E-state index contributed by atoms with van der Waals surface area (Å²) < 4.78 is 0. The van der Waals surface area contributed by atoms with Crippen LogP contribution in [0.5, 0.6) is 0 Å². The third kappa shape index (κ3) is 5.89. The summed E-state index contributed by atoms with van der Waals surface area (Å²) in [6.07, 6.45) is 3.92. The van der Waals surface area contributed by atoms with Crippen LogP contribution in [0, 0.1) is 0 Å². The van der Waals surface area contributed by atoms with Crippen molar-refractivity contribution in [3.05, 3.63) is 35.9 Å². The Hall–Kier alpha value is -0.860. The fourth-order valence-corrected chi connectivity index (χ4v) is 1.73. The topological polar surface area (TPSA) is 32.3 Å². The van der Waals surface area contributed by atoms with Gasteiger partial charge in [0.1, 0.15) is 0 Å². The smallest absolute Gasteiger partial charge is 0.0664 e. The lowest BCUT2D eigenvalue weighted by Gasteiger charge is -2.11. The Morgan fingerprint density at radius 1 is 1.25 bits per heavy atom. The van der Waals surface area contributed by atoms with E-state index < -0.39 is 0 Å². The highest BCUT2D eigenvalue weighted by Crippen LogP contribution is 2.06. The molecular weight excluding hydrogens is 198 g/mol. The summed E-state index contributed by atoms with van der Waals surface area (Å²) in [5.41, 5.74) is 1.36. The predicted octanol–water partition coefficient (Wildman–Crippen LogP) is 2.37. The molecule has 0 radical (unpaired) electrons. The molecule has 1 rings (SSSR count). The maximum Gasteiger partial charge on any atom is 0.0664 e. The summed E-state index contributed by atoms with van der Waals surface area (Å²) in [7, 11) is 0. The van der Waals surface area contributed by atoms with Crippen molar-refractivity contribution < 1.29 is 5.11 Å². The molecule has 16 heavy (non-hydrogen) atoms. The van der Waals surface area contributed by atoms with Gasteiger partial charge in [-0.3, -0.25) is 0 Å². The standard InChI is InChI=1S/C14H23NO/c1-2-11-15-12-14(16)10-6-9-13-7-4-3-5-8-13/h3-5,7-8,14-16H,2,6,9-12H2,1H3. The summed E-state index contributed by atoms with van der Waals surface area (Å²) >= 11 is 0. The third-order valence-electron chi connectivity index (χ3n) is 2.65. The first-order chi connectivity index (χ1) is 7.83. The highest BCUT2D eigenvalue weighted by atomic mass is 16.3. The largest absolute Gasteiger partial charge is 0.392 e. The van der Waals surface area contributed by atoms with Crippen molar-refractivity contribution in [1.82, 2.24) is 5.32 Å². The molecule has 0 aliphatic heterocycles. The minimum absolute atomic E-state index is 0.199. The van der Waals surface area contributed by atoms with Crippen LogP contribution in [0.4, 0.5) is 0 Å². The third-order valence-corrected chi connectivity index (χ3v) is 2.65. The van der Waals surface area contributed by atoms with Crippen LogP contribution in [0.2, 0.25) is 0 Å². The van der Waals surface area contributed by atoms with Gasteiger partial charge in [0.2, 0.25) is 0 Å². The summed E-state index contributed by atoms with van der Waals surface area (Å²) in [5, 5.41) is 12.9. The monoisotopic (exact) mass is 221 g/mol. The number of benzene rings is 1. The molecule has 0 saturated carbocycles. The number of aliphatic hydroxyl groups is 1. The fraction of sp³-hybridized carbons (Fsp3) is 0.571. The van der Waals surface area contributed by atoms with E-state index in [1.807, 2.05) is 6.07 Å². The molecule has 0 aliphatic carbocycles. The van der Waals surface area contributed by atoms with E-state index in [9.17, 15) is 5.11 Å². The quantitative estimate of drug-likeness (QED) is 0.661. The highest BCUT2D eigenvalue weighted by Gasteiger charge is 2.02. The summed E-state index contributed by atoms with van der Waals surface area (Å²) in [6.45, 7) is 3.85. The molecule has 2 heteroatoms. The fourth-order valence-electron chi connectivity index (χ4n) is 1.73. The highest BCUT2D eigenvalue weighted by molar-refractivity contribution is 5.14. The first-order valence-electron chi connectivity index (χ1n) is 6.25. The zero-order valence-corrected chi connectivity index (χ0v) is 10.2. The van der Waals surface area contributed by atoms with Gasteiger partial charge in [-0.2, -0.15) is 0 Å². The van der Waals surface area contributed by atoms with Crippen LogP contribution < -0.4 is 5.32 Å². The molecule has 0 spiro atoms. The van der Waals surface area contributed by atoms with E-state index in [1.54, 1.807) is 0 Å². The second-order valence-electron chi connectivity index (χ2n) is 4.24. The van der Waals surface area contributed by atoms with E-state index in [0.29, 0.717) is 0 Å². The molecule has 0 amide bonds. The van der Waals surface area contributed by atoms with Crippen molar-refractivity contribution in [3.63, 3.8) is 0 Å². The molecule has 0 bridgehead atoms. The number of hydrogen-bond donors (Lipinski definition) is 2. The molecule has 2 N–H and O–H groups in total. The number of nitrogens with one attached hydrogen (secondary N) is 1. The lowest BCUT2D eigenvalue weighted by Crippen LogP contribution is -2.27. The van der Waals surface area contributed by atoms with E-state index in [-0.39, 0.29) is 6.10 Å². The predicted molar refractivity (Wildman–Crippen MR) is 68.5 cm³/mol. The van der Waals surface area contributed by atoms with Crippen LogP contribution in [0.15, 0.2) is 30.3 Å². The Morgan fingerprint density at radius 3 is 2.69 bits per heavy atom. The van der Waals surface area contributed by atoms with Gasteiger partial charge in [-0.15, -0.1) is 0 Å². The van der Waals surface area contributed by atoms with Gasteiger partial charge >= 0.3 is 0 Å². The molecule has 0 heterocycles. The van der Waals surface area contributed by atoms with E-state index >= 15 is 0 Å². The van der Waals surface area contributed by atoms with Crippen LogP contribution in [0.25, 0.3) is 0 Å². The van der Waals surface area contributed by atoms with E-state index in [1.165, 1.54) is 5.56 Å². The lowest BCUT2D eigenvalue weighted by atomic mass is 10.1. The molecule has 1 unspecified atom stereocenters. The van der Waals surface area contributed by atoms with Gasteiger partial charge in [0.15, 0.2) is 0 Å². The average molecular weight is 221 g/mol. The van der Waals surface area contributed by atoms with Crippen LogP contribution in [-0.2, 0) is 6.42 Å². The Labute approximate surface area is 98.7 Å². The summed E-state index contributed by atoms with van der Waals surface area (Å²) in [5.74, 6) is 0. The van der Waals surface area contributed by atoms with Crippen LogP contribution >= 0.6 is 0 Å². The molecule has 0 saturated heterocycles. The Bertz CT molecular complexity index is 261. The van der Waals surface area contributed by atoms with Gasteiger partial charge in [0.05, 0.1) is 6.10 Å². The molecule has 1 aromatic carbocycles. The molecule has 2 nitrogen and oxygen atoms in total. The zero-order valence-electron chi connectivity index (χ0n) is 10.2. The zero-order chi connectivity index (χ0) is 11.6. The van der Waals surface area contributed by atoms with Crippen molar-refractivity contribution in [2.24, 2.45) is 0 Å². The van der Waals surface area contributed by atoms with Gasteiger partial charge in [0, 0.05) is 6.54 Å². The number of aryl methyl sites for hydroxylation is 1. The first kappa shape index (κ1) is 13.2. The van der Waals surface area contributed by atoms with Crippen molar-refractivity contribution in [3.8, 4) is 0 Å². The molecule has 0 aromatic heterocycles. The average Bonchev–Trinajstić information content (AvgIpc) is 2.31. The number of hydrogen-bond acceptors (Lipinski definition) is 2. The number of rotatable bonds is 8. The van der Waals surface area contributed by atoms with Gasteiger partial charge < -0.3 is 10.4 Å².